The van der Waals surface area contributed by atoms with Gasteiger partial charge in [0, 0.05) is 32.8 Å². The van der Waals surface area contributed by atoms with Crippen molar-refractivity contribution in [2.24, 2.45) is 0 Å². The highest BCUT2D eigenvalue weighted by Crippen LogP contribution is 2.16. The van der Waals surface area contributed by atoms with Crippen molar-refractivity contribution in [3.63, 3.8) is 0 Å². The zero-order chi connectivity index (χ0) is 14.1. The van der Waals surface area contributed by atoms with E-state index in [4.69, 9.17) is 4.74 Å². The molecule has 4 heteroatoms. The molecule has 0 aromatic rings. The number of hydrogen-bond donors (Lipinski definition) is 1. The maximum Gasteiger partial charge on any atom is 0.246 e. The van der Waals surface area contributed by atoms with Crippen LogP contribution in [0.3, 0.4) is 0 Å². The second kappa shape index (κ2) is 8.88. The number of nitrogens with one attached hydrogen (secondary N) is 1. The topological polar surface area (TPSA) is 41.6 Å². The lowest BCUT2D eigenvalue weighted by Crippen LogP contribution is -2.40. The molecular formula is C15H26N2O2. The fraction of sp³-hybridized carbons (Fsp3) is 0.667. The summed E-state index contributed by atoms with van der Waals surface area (Å²) in [6.07, 6.45) is 8.48. The summed E-state index contributed by atoms with van der Waals surface area (Å²) in [6, 6.07) is 0.159. The summed E-state index contributed by atoms with van der Waals surface area (Å²) in [6.45, 7) is 7.32. The van der Waals surface area contributed by atoms with Crippen molar-refractivity contribution >= 4 is 5.91 Å². The Morgan fingerprint density at radius 1 is 1.63 bits per heavy atom. The van der Waals surface area contributed by atoms with Gasteiger partial charge >= 0.3 is 0 Å². The maximum atomic E-state index is 11.6. The highest BCUT2D eigenvalue weighted by atomic mass is 16.5. The van der Waals surface area contributed by atoms with E-state index >= 15 is 0 Å². The molecule has 1 amide bonds. The van der Waals surface area contributed by atoms with Gasteiger partial charge in [0.2, 0.25) is 5.91 Å². The summed E-state index contributed by atoms with van der Waals surface area (Å²) in [5, 5.41) is 3.03. The Labute approximate surface area is 116 Å². The molecule has 1 heterocycles. The Morgan fingerprint density at radius 2 is 2.42 bits per heavy atom. The number of rotatable bonds is 7. The third kappa shape index (κ3) is 5.57. The van der Waals surface area contributed by atoms with E-state index in [2.05, 4.69) is 35.4 Å². The first-order chi connectivity index (χ1) is 9.21. The maximum absolute atomic E-state index is 11.6. The van der Waals surface area contributed by atoms with Gasteiger partial charge in [0.05, 0.1) is 0 Å². The summed E-state index contributed by atoms with van der Waals surface area (Å²) in [5.41, 5.74) is 1.35. The van der Waals surface area contributed by atoms with Gasteiger partial charge < -0.3 is 10.1 Å². The van der Waals surface area contributed by atoms with Gasteiger partial charge in [-0.1, -0.05) is 25.2 Å². The van der Waals surface area contributed by atoms with Gasteiger partial charge in [-0.2, -0.15) is 0 Å². The van der Waals surface area contributed by atoms with Crippen LogP contribution in [0.15, 0.2) is 23.8 Å². The van der Waals surface area contributed by atoms with Crippen molar-refractivity contribution in [1.82, 2.24) is 10.2 Å². The van der Waals surface area contributed by atoms with Gasteiger partial charge in [-0.3, -0.25) is 9.69 Å². The van der Waals surface area contributed by atoms with Crippen LogP contribution in [0.4, 0.5) is 0 Å². The molecule has 0 bridgehead atoms. The number of carbonyl (C=O) groups is 1. The first kappa shape index (κ1) is 15.9. The normalized spacial score (nSPS) is 18.4. The number of carbonyl (C=O) groups excluding carboxylic acids is 1. The monoisotopic (exact) mass is 266 g/mol. The summed E-state index contributed by atoms with van der Waals surface area (Å²) in [4.78, 5) is 14.0. The number of allylic oxidation sites excluding steroid dienone is 1. The van der Waals surface area contributed by atoms with Crippen molar-refractivity contribution in [3.8, 4) is 0 Å². The zero-order valence-corrected chi connectivity index (χ0v) is 12.3. The van der Waals surface area contributed by atoms with E-state index in [0.29, 0.717) is 0 Å². The summed E-state index contributed by atoms with van der Waals surface area (Å²) < 4.78 is 4.85. The SMILES string of the molecule is C/C=C/CN1CC=C([C@H](CC)NC(=O)COC)CC1. The predicted octanol–water partition coefficient (Wildman–Crippen LogP) is 1.74. The van der Waals surface area contributed by atoms with Crippen LogP contribution < -0.4 is 5.32 Å². The minimum absolute atomic E-state index is 0.0356. The van der Waals surface area contributed by atoms with Crippen LogP contribution in [0.1, 0.15) is 26.7 Å². The van der Waals surface area contributed by atoms with Gasteiger partial charge in [-0.25, -0.2) is 0 Å². The smallest absolute Gasteiger partial charge is 0.246 e. The Hall–Kier alpha value is -1.13. The Bertz CT molecular complexity index is 337. The molecular weight excluding hydrogens is 240 g/mol. The molecule has 1 aliphatic heterocycles. The lowest BCUT2D eigenvalue weighted by molar-refractivity contribution is -0.125. The molecule has 1 N–H and O–H groups in total. The van der Waals surface area contributed by atoms with E-state index < -0.39 is 0 Å². The third-order valence-electron chi connectivity index (χ3n) is 3.39. The van der Waals surface area contributed by atoms with Gasteiger partial charge in [0.25, 0.3) is 0 Å². The summed E-state index contributed by atoms with van der Waals surface area (Å²) in [7, 11) is 1.54. The van der Waals surface area contributed by atoms with E-state index in [9.17, 15) is 4.79 Å². The largest absolute Gasteiger partial charge is 0.375 e. The lowest BCUT2D eigenvalue weighted by atomic mass is 9.98. The van der Waals surface area contributed by atoms with E-state index in [0.717, 1.165) is 32.5 Å². The quantitative estimate of drug-likeness (QED) is 0.714. The predicted molar refractivity (Wildman–Crippen MR) is 78.1 cm³/mol. The molecule has 1 rings (SSSR count). The van der Waals surface area contributed by atoms with Crippen LogP contribution in [0, 0.1) is 0 Å². The van der Waals surface area contributed by atoms with E-state index in [-0.39, 0.29) is 18.6 Å². The number of ether oxygens (including phenoxy) is 1. The van der Waals surface area contributed by atoms with Gasteiger partial charge in [-0.05, 0) is 25.3 Å². The molecule has 0 unspecified atom stereocenters. The van der Waals surface area contributed by atoms with Gasteiger partial charge in [0.15, 0.2) is 0 Å². The minimum atomic E-state index is -0.0356. The molecule has 1 aliphatic rings. The second-order valence-electron chi connectivity index (χ2n) is 4.82. The molecule has 0 saturated carbocycles. The average molecular weight is 266 g/mol. The van der Waals surface area contributed by atoms with Gasteiger partial charge in [-0.15, -0.1) is 0 Å². The molecule has 0 spiro atoms. The molecule has 0 aliphatic carbocycles. The third-order valence-corrected chi connectivity index (χ3v) is 3.39. The number of hydrogen-bond acceptors (Lipinski definition) is 3. The molecule has 108 valence electrons. The standard InChI is InChI=1S/C15H26N2O2/c1-4-6-9-17-10-7-13(8-11-17)14(5-2)16-15(18)12-19-3/h4,6-7,14H,5,8-12H2,1-3H3,(H,16,18)/b6-4+/t14-/m0/s1. The highest BCUT2D eigenvalue weighted by Gasteiger charge is 2.18. The molecule has 0 aromatic carbocycles. The highest BCUT2D eigenvalue weighted by molar-refractivity contribution is 5.77. The van der Waals surface area contributed by atoms with E-state index in [1.54, 1.807) is 7.11 Å². The van der Waals surface area contributed by atoms with Crippen LogP contribution in [0.2, 0.25) is 0 Å². The summed E-state index contributed by atoms with van der Waals surface area (Å²) in [5.74, 6) is -0.0356. The number of nitrogens with zero attached hydrogens (tertiary/aromatic N) is 1. The van der Waals surface area contributed by atoms with Crippen LogP contribution in [-0.2, 0) is 9.53 Å². The van der Waals surface area contributed by atoms with Crippen LogP contribution in [0.25, 0.3) is 0 Å². The minimum Gasteiger partial charge on any atom is -0.375 e. The lowest BCUT2D eigenvalue weighted by Gasteiger charge is -2.29. The molecule has 0 fully saturated rings. The second-order valence-corrected chi connectivity index (χ2v) is 4.82. The number of amides is 1. The molecule has 19 heavy (non-hydrogen) atoms. The number of methoxy groups -OCH3 is 1. The Morgan fingerprint density at radius 3 is 2.95 bits per heavy atom. The summed E-state index contributed by atoms with van der Waals surface area (Å²) >= 11 is 0. The Kier molecular flexibility index (Phi) is 7.45. The average Bonchev–Trinajstić information content (AvgIpc) is 2.43. The molecule has 0 aromatic heterocycles. The van der Waals surface area contributed by atoms with Crippen molar-refractivity contribution in [2.45, 2.75) is 32.7 Å². The van der Waals surface area contributed by atoms with Crippen LogP contribution in [-0.4, -0.2) is 50.2 Å². The van der Waals surface area contributed by atoms with Crippen LogP contribution in [0.5, 0.6) is 0 Å². The molecule has 0 saturated heterocycles. The van der Waals surface area contributed by atoms with E-state index in [1.165, 1.54) is 5.57 Å². The molecule has 4 nitrogen and oxygen atoms in total. The fourth-order valence-corrected chi connectivity index (χ4v) is 2.29. The first-order valence-corrected chi connectivity index (χ1v) is 7.02. The van der Waals surface area contributed by atoms with E-state index in [1.807, 2.05) is 6.92 Å². The van der Waals surface area contributed by atoms with Crippen molar-refractivity contribution in [2.75, 3.05) is 33.4 Å². The molecule has 1 atom stereocenters. The van der Waals surface area contributed by atoms with Crippen molar-refractivity contribution in [1.29, 1.82) is 0 Å². The van der Waals surface area contributed by atoms with Crippen LogP contribution >= 0.6 is 0 Å². The van der Waals surface area contributed by atoms with Crippen molar-refractivity contribution < 1.29 is 9.53 Å². The van der Waals surface area contributed by atoms with Crippen molar-refractivity contribution in [3.05, 3.63) is 23.8 Å². The zero-order valence-electron chi connectivity index (χ0n) is 12.3. The Balaban J connectivity index is 2.49. The fourth-order valence-electron chi connectivity index (χ4n) is 2.29. The molecule has 0 radical (unpaired) electrons. The van der Waals surface area contributed by atoms with Gasteiger partial charge in [0.1, 0.15) is 6.61 Å². The first-order valence-electron chi connectivity index (χ1n) is 7.02.